The molecule has 2 N–H and O–H groups in total. The van der Waals surface area contributed by atoms with E-state index < -0.39 is 0 Å². The molecule has 9 heteroatoms. The number of nitrogens with zero attached hydrogens (tertiary/aromatic N) is 3. The van der Waals surface area contributed by atoms with Crippen molar-refractivity contribution in [1.82, 2.24) is 25.0 Å². The van der Waals surface area contributed by atoms with Gasteiger partial charge in [-0.25, -0.2) is 0 Å². The SMILES string of the molecule is O=C(NCCc1c[nH]c2ccc(Cl)cc12)c1cc2n(n1)CCCN(Cc1ccc(Cl)cc1)C2=O. The van der Waals surface area contributed by atoms with Gasteiger partial charge in [0.05, 0.1) is 0 Å². The first-order valence-corrected chi connectivity index (χ1v) is 11.9. The van der Waals surface area contributed by atoms with E-state index >= 15 is 0 Å². The first-order chi connectivity index (χ1) is 16.5. The normalized spacial score (nSPS) is 13.7. The fourth-order valence-corrected chi connectivity index (χ4v) is 4.56. The Morgan fingerprint density at radius 1 is 1.06 bits per heavy atom. The highest BCUT2D eigenvalue weighted by atomic mass is 35.5. The quantitative estimate of drug-likeness (QED) is 0.406. The maximum absolute atomic E-state index is 13.2. The average molecular weight is 496 g/mol. The minimum atomic E-state index is -0.296. The van der Waals surface area contributed by atoms with Gasteiger partial charge >= 0.3 is 0 Å². The van der Waals surface area contributed by atoms with E-state index in [4.69, 9.17) is 23.2 Å². The van der Waals surface area contributed by atoms with Gasteiger partial charge in [-0.15, -0.1) is 0 Å². The second-order valence-electron chi connectivity index (χ2n) is 8.35. The van der Waals surface area contributed by atoms with Crippen molar-refractivity contribution in [3.05, 3.63) is 87.3 Å². The van der Waals surface area contributed by atoms with Gasteiger partial charge in [0.15, 0.2) is 5.69 Å². The van der Waals surface area contributed by atoms with E-state index in [-0.39, 0.29) is 17.5 Å². The molecule has 174 valence electrons. The van der Waals surface area contributed by atoms with Gasteiger partial charge < -0.3 is 15.2 Å². The smallest absolute Gasteiger partial charge is 0.272 e. The molecule has 0 radical (unpaired) electrons. The zero-order valence-electron chi connectivity index (χ0n) is 18.4. The van der Waals surface area contributed by atoms with E-state index in [1.807, 2.05) is 48.7 Å². The highest BCUT2D eigenvalue weighted by molar-refractivity contribution is 6.31. The Morgan fingerprint density at radius 2 is 1.85 bits per heavy atom. The fourth-order valence-electron chi connectivity index (χ4n) is 4.27. The number of benzene rings is 2. The Labute approximate surface area is 206 Å². The number of halogens is 2. The van der Waals surface area contributed by atoms with Crippen LogP contribution in [-0.2, 0) is 19.5 Å². The minimum absolute atomic E-state index is 0.130. The molecule has 0 unspecified atom stereocenters. The van der Waals surface area contributed by atoms with Crippen LogP contribution in [0, 0.1) is 0 Å². The maximum Gasteiger partial charge on any atom is 0.272 e. The second kappa shape index (κ2) is 9.52. The molecule has 4 aromatic rings. The molecule has 0 saturated heterocycles. The molecule has 1 aliphatic heterocycles. The largest absolute Gasteiger partial charge is 0.361 e. The third kappa shape index (κ3) is 4.67. The number of hydrogen-bond donors (Lipinski definition) is 2. The lowest BCUT2D eigenvalue weighted by atomic mass is 10.1. The first kappa shape index (κ1) is 22.5. The van der Waals surface area contributed by atoms with Gasteiger partial charge in [-0.1, -0.05) is 35.3 Å². The van der Waals surface area contributed by atoms with Crippen molar-refractivity contribution in [2.45, 2.75) is 25.9 Å². The zero-order valence-corrected chi connectivity index (χ0v) is 19.9. The third-order valence-corrected chi connectivity index (χ3v) is 6.50. The van der Waals surface area contributed by atoms with Gasteiger partial charge in [-0.05, 0) is 54.3 Å². The molecule has 2 aromatic heterocycles. The van der Waals surface area contributed by atoms with E-state index in [2.05, 4.69) is 15.4 Å². The molecule has 0 fully saturated rings. The number of carbonyl (C=O) groups is 2. The van der Waals surface area contributed by atoms with Gasteiger partial charge in [0.1, 0.15) is 5.69 Å². The zero-order chi connectivity index (χ0) is 23.7. The molecular weight excluding hydrogens is 473 g/mol. The Bertz CT molecular complexity index is 1360. The third-order valence-electron chi connectivity index (χ3n) is 6.01. The van der Waals surface area contributed by atoms with Crippen LogP contribution in [0.2, 0.25) is 10.0 Å². The van der Waals surface area contributed by atoms with Gasteiger partial charge in [0.25, 0.3) is 11.8 Å². The number of nitrogens with one attached hydrogen (secondary N) is 2. The van der Waals surface area contributed by atoms with Crippen molar-refractivity contribution < 1.29 is 9.59 Å². The Morgan fingerprint density at radius 3 is 2.68 bits per heavy atom. The van der Waals surface area contributed by atoms with Gasteiger partial charge in [-0.2, -0.15) is 5.10 Å². The molecule has 0 aliphatic carbocycles. The molecule has 2 aromatic carbocycles. The summed E-state index contributed by atoms with van der Waals surface area (Å²) in [5.41, 5.74) is 3.76. The van der Waals surface area contributed by atoms with Gasteiger partial charge in [-0.3, -0.25) is 14.3 Å². The number of fused-ring (bicyclic) bond motifs is 2. The lowest BCUT2D eigenvalue weighted by Crippen LogP contribution is -2.30. The van der Waals surface area contributed by atoms with E-state index in [0.29, 0.717) is 48.3 Å². The molecule has 1 aliphatic rings. The van der Waals surface area contributed by atoms with E-state index in [1.165, 1.54) is 0 Å². The summed E-state index contributed by atoms with van der Waals surface area (Å²) in [6, 6.07) is 14.7. The molecule has 7 nitrogen and oxygen atoms in total. The summed E-state index contributed by atoms with van der Waals surface area (Å²) in [5, 5.41) is 9.70. The van der Waals surface area contributed by atoms with Crippen LogP contribution in [0.1, 0.15) is 38.5 Å². The predicted molar refractivity (Wildman–Crippen MR) is 132 cm³/mol. The van der Waals surface area contributed by atoms with E-state index in [1.54, 1.807) is 15.6 Å². The van der Waals surface area contributed by atoms with Crippen LogP contribution >= 0.6 is 23.2 Å². The van der Waals surface area contributed by atoms with Gasteiger partial charge in [0, 0.05) is 59.4 Å². The summed E-state index contributed by atoms with van der Waals surface area (Å²) in [4.78, 5) is 30.9. The molecular formula is C25H23Cl2N5O2. The lowest BCUT2D eigenvalue weighted by Gasteiger charge is -2.20. The number of carbonyl (C=O) groups excluding carboxylic acids is 2. The average Bonchev–Trinajstić information content (AvgIpc) is 3.40. The number of hydrogen-bond acceptors (Lipinski definition) is 3. The van der Waals surface area contributed by atoms with Crippen LogP contribution in [0.5, 0.6) is 0 Å². The topological polar surface area (TPSA) is 83.0 Å². The minimum Gasteiger partial charge on any atom is -0.361 e. The lowest BCUT2D eigenvalue weighted by molar-refractivity contribution is 0.0745. The number of aromatic nitrogens is 3. The molecule has 5 rings (SSSR count). The van der Waals surface area contributed by atoms with Crippen LogP contribution in [0.15, 0.2) is 54.7 Å². The van der Waals surface area contributed by atoms with Crippen molar-refractivity contribution in [2.75, 3.05) is 13.1 Å². The molecule has 0 spiro atoms. The number of H-pyrrole nitrogens is 1. The molecule has 0 bridgehead atoms. The van der Waals surface area contributed by atoms with E-state index in [9.17, 15) is 9.59 Å². The van der Waals surface area contributed by atoms with Crippen molar-refractivity contribution in [1.29, 1.82) is 0 Å². The van der Waals surface area contributed by atoms with Crippen molar-refractivity contribution in [3.8, 4) is 0 Å². The molecule has 2 amide bonds. The van der Waals surface area contributed by atoms with Crippen LogP contribution in [0.3, 0.4) is 0 Å². The van der Waals surface area contributed by atoms with Crippen molar-refractivity contribution >= 4 is 45.9 Å². The summed E-state index contributed by atoms with van der Waals surface area (Å²) < 4.78 is 1.64. The van der Waals surface area contributed by atoms with Crippen LogP contribution < -0.4 is 5.32 Å². The highest BCUT2D eigenvalue weighted by Crippen LogP contribution is 2.23. The first-order valence-electron chi connectivity index (χ1n) is 11.1. The van der Waals surface area contributed by atoms with Crippen LogP contribution in [0.25, 0.3) is 10.9 Å². The number of aromatic amines is 1. The number of aryl methyl sites for hydroxylation is 1. The Balaban J connectivity index is 1.24. The van der Waals surface area contributed by atoms with Crippen LogP contribution in [-0.4, -0.2) is 44.6 Å². The van der Waals surface area contributed by atoms with E-state index in [0.717, 1.165) is 28.5 Å². The molecule has 0 saturated carbocycles. The summed E-state index contributed by atoms with van der Waals surface area (Å²) in [6.07, 6.45) is 3.34. The molecule has 3 heterocycles. The second-order valence-corrected chi connectivity index (χ2v) is 9.23. The number of rotatable bonds is 6. The monoisotopic (exact) mass is 495 g/mol. The Kier molecular flexibility index (Phi) is 6.30. The van der Waals surface area contributed by atoms with Crippen molar-refractivity contribution in [2.24, 2.45) is 0 Å². The highest BCUT2D eigenvalue weighted by Gasteiger charge is 2.26. The predicted octanol–water partition coefficient (Wildman–Crippen LogP) is 4.69. The fraction of sp³-hybridized carbons (Fsp3) is 0.240. The van der Waals surface area contributed by atoms with Crippen LogP contribution in [0.4, 0.5) is 0 Å². The summed E-state index contributed by atoms with van der Waals surface area (Å²) in [5.74, 6) is -0.426. The standard InChI is InChI=1S/C25H23Cl2N5O2/c26-18-4-2-16(3-5-18)15-31-10-1-11-32-23(25(31)34)13-22(30-32)24(33)28-9-8-17-14-29-21-7-6-19(27)12-20(17)21/h2-7,12-14,29H,1,8-11,15H2,(H,28,33). The maximum atomic E-state index is 13.2. The Hall–Kier alpha value is -3.29. The number of amides is 2. The summed E-state index contributed by atoms with van der Waals surface area (Å²) >= 11 is 12.1. The molecule has 0 atom stereocenters. The van der Waals surface area contributed by atoms with Crippen molar-refractivity contribution in [3.63, 3.8) is 0 Å². The van der Waals surface area contributed by atoms with Gasteiger partial charge in [0.2, 0.25) is 0 Å². The molecule has 34 heavy (non-hydrogen) atoms. The summed E-state index contributed by atoms with van der Waals surface area (Å²) in [6.45, 7) is 2.14. The summed E-state index contributed by atoms with van der Waals surface area (Å²) in [7, 11) is 0.